The largest absolute Gasteiger partial charge is 0.414 e. The van der Waals surface area contributed by atoms with E-state index < -0.39 is 0 Å². The molecule has 30 heavy (non-hydrogen) atoms. The minimum Gasteiger partial charge on any atom is -0.393 e. The summed E-state index contributed by atoms with van der Waals surface area (Å²) in [4.78, 5) is 24.4. The number of fused-ring (bicyclic) bond motifs is 2. The van der Waals surface area contributed by atoms with E-state index in [2.05, 4.69) is 14.8 Å². The van der Waals surface area contributed by atoms with E-state index in [-0.39, 0.29) is 9.88 Å². The van der Waals surface area contributed by atoms with Crippen molar-refractivity contribution in [2.24, 2.45) is 0 Å². The van der Waals surface area contributed by atoms with E-state index in [1.165, 1.54) is 28.0 Å². The molecule has 0 saturated carbocycles. The maximum atomic E-state index is 10.9. The van der Waals surface area contributed by atoms with Crippen molar-refractivity contribution in [2.45, 2.75) is 25.7 Å². The number of rotatable bonds is 2. The van der Waals surface area contributed by atoms with Crippen molar-refractivity contribution in [3.63, 3.8) is 0 Å². The van der Waals surface area contributed by atoms with Crippen LogP contribution in [0.5, 0.6) is 0 Å². The van der Waals surface area contributed by atoms with E-state index in [0.29, 0.717) is 11.8 Å². The Morgan fingerprint density at radius 1 is 0.800 bits per heavy atom. The zero-order chi connectivity index (χ0) is 20.5. The van der Waals surface area contributed by atoms with Crippen LogP contribution in [0.25, 0.3) is 31.6 Å². The molecule has 5 aromatic rings. The van der Waals surface area contributed by atoms with Gasteiger partial charge < -0.3 is 8.83 Å². The summed E-state index contributed by atoms with van der Waals surface area (Å²) < 4.78 is 19.1. The highest BCUT2D eigenvalue weighted by Gasteiger charge is 2.16. The summed E-state index contributed by atoms with van der Waals surface area (Å²) in [5, 5.41) is 1.15. The second-order valence-corrected chi connectivity index (χ2v) is 10.2. The van der Waals surface area contributed by atoms with Crippen LogP contribution in [0.1, 0.15) is 23.3 Å². The van der Waals surface area contributed by atoms with E-state index in [1.807, 2.05) is 30.3 Å². The molecule has 1 aromatic carbocycles. The molecule has 0 aliphatic heterocycles. The third-order valence-electron chi connectivity index (χ3n) is 4.61. The number of aromatic nitrogens is 2. The van der Waals surface area contributed by atoms with Gasteiger partial charge in [0, 0.05) is 9.58 Å². The van der Waals surface area contributed by atoms with Crippen LogP contribution in [0, 0.1) is 0 Å². The summed E-state index contributed by atoms with van der Waals surface area (Å²) in [6.45, 7) is 0. The normalized spacial score (nSPS) is 13.1. The Kier molecular flexibility index (Phi) is 5.47. The van der Waals surface area contributed by atoms with Crippen molar-refractivity contribution in [2.75, 3.05) is 0 Å². The molecular weight excluding hydrogens is 460 g/mol. The summed E-state index contributed by atoms with van der Waals surface area (Å²) >= 11 is 5.01. The summed E-state index contributed by atoms with van der Waals surface area (Å²) in [5.41, 5.74) is 1.41. The molecule has 0 radical (unpaired) electrons. The van der Waals surface area contributed by atoms with Gasteiger partial charge in [-0.05, 0) is 54.8 Å². The fourth-order valence-electron chi connectivity index (χ4n) is 3.26. The summed E-state index contributed by atoms with van der Waals surface area (Å²) in [5.74, 6) is 0.913. The average molecular weight is 475 g/mol. The van der Waals surface area contributed by atoms with Crippen LogP contribution in [0.2, 0.25) is 0 Å². The molecule has 0 fully saturated rings. The summed E-state index contributed by atoms with van der Waals surface area (Å²) in [6, 6.07) is 12.1. The van der Waals surface area contributed by atoms with Gasteiger partial charge in [0.25, 0.3) is 11.8 Å². The van der Waals surface area contributed by atoms with E-state index in [9.17, 15) is 9.59 Å². The lowest BCUT2D eigenvalue weighted by Gasteiger charge is -2.08. The van der Waals surface area contributed by atoms with E-state index in [0.717, 1.165) is 51.0 Å². The van der Waals surface area contributed by atoms with Gasteiger partial charge in [-0.1, -0.05) is 18.2 Å². The maximum Gasteiger partial charge on any atom is 0.414 e. The van der Waals surface area contributed by atoms with Crippen molar-refractivity contribution in [3.05, 3.63) is 66.3 Å². The highest BCUT2D eigenvalue weighted by atomic mass is 32.1. The van der Waals surface area contributed by atoms with Gasteiger partial charge in [-0.15, -0.1) is 31.4 Å². The third-order valence-corrected chi connectivity index (χ3v) is 7.92. The molecule has 0 saturated heterocycles. The molecule has 1 aliphatic rings. The van der Waals surface area contributed by atoms with Crippen LogP contribution in [-0.4, -0.2) is 8.75 Å². The van der Waals surface area contributed by atoms with Gasteiger partial charge in [-0.3, -0.25) is 0 Å². The van der Waals surface area contributed by atoms with Crippen LogP contribution in [0.15, 0.2) is 54.8 Å². The number of hydrogen-bond donors (Lipinski definition) is 0. The van der Waals surface area contributed by atoms with Gasteiger partial charge in [0.15, 0.2) is 0 Å². The molecule has 0 unspecified atom stereocenters. The lowest BCUT2D eigenvalue weighted by atomic mass is 9.99. The zero-order valence-corrected chi connectivity index (χ0v) is 18.7. The smallest absolute Gasteiger partial charge is 0.393 e. The topological polar surface area (TPSA) is 86.2 Å². The van der Waals surface area contributed by atoms with Gasteiger partial charge in [0.05, 0.1) is 32.8 Å². The van der Waals surface area contributed by atoms with Crippen LogP contribution in [0.4, 0.5) is 0 Å². The highest BCUT2D eigenvalue weighted by Crippen LogP contribution is 2.35. The van der Waals surface area contributed by atoms with Crippen molar-refractivity contribution >= 4 is 55.8 Å². The van der Waals surface area contributed by atoms with Crippen molar-refractivity contribution in [1.82, 2.24) is 8.75 Å². The standard InChI is InChI=1S/C10H9NO2S2.C10H5NO2S2/c2*12-10-13-9(11-15-10)8-5-6-3-1-2-4-7(6)14-8/h5H,1-4H2;1-5H. The number of aryl methyl sites for hydroxylation is 2. The first-order valence-electron chi connectivity index (χ1n) is 9.20. The molecule has 6 nitrogen and oxygen atoms in total. The fourth-order valence-corrected chi connectivity index (χ4v) is 6.37. The van der Waals surface area contributed by atoms with Gasteiger partial charge in [-0.25, -0.2) is 9.59 Å². The molecule has 6 rings (SSSR count). The first kappa shape index (κ1) is 19.6. The van der Waals surface area contributed by atoms with E-state index in [1.54, 1.807) is 22.7 Å². The van der Waals surface area contributed by atoms with Gasteiger partial charge in [-0.2, -0.15) is 0 Å². The predicted octanol–water partition coefficient (Wildman–Crippen LogP) is 5.68. The number of nitrogens with zero attached hydrogens (tertiary/aromatic N) is 2. The molecule has 10 heteroatoms. The molecule has 0 spiro atoms. The zero-order valence-electron chi connectivity index (χ0n) is 15.5. The average Bonchev–Trinajstić information content (AvgIpc) is 3.53. The summed E-state index contributed by atoms with van der Waals surface area (Å²) in [6.07, 6.45) is 4.85. The predicted molar refractivity (Wildman–Crippen MR) is 122 cm³/mol. The van der Waals surface area contributed by atoms with E-state index in [4.69, 9.17) is 8.83 Å². The Hall–Kier alpha value is -2.40. The van der Waals surface area contributed by atoms with Crippen LogP contribution < -0.4 is 9.88 Å². The third kappa shape index (κ3) is 4.08. The quantitative estimate of drug-likeness (QED) is 0.327. The number of hydrogen-bond acceptors (Lipinski definition) is 10. The minimum atomic E-state index is -0.359. The van der Waals surface area contributed by atoms with Gasteiger partial charge >= 0.3 is 9.88 Å². The monoisotopic (exact) mass is 474 g/mol. The Labute approximate surface area is 186 Å². The molecule has 0 atom stereocenters. The molecule has 1 aliphatic carbocycles. The van der Waals surface area contributed by atoms with Crippen LogP contribution in [-0.2, 0) is 12.8 Å². The van der Waals surface area contributed by atoms with E-state index >= 15 is 0 Å². The number of thiophene rings is 2. The number of benzene rings is 1. The Morgan fingerprint density at radius 2 is 1.47 bits per heavy atom. The first-order chi connectivity index (χ1) is 14.7. The molecular formula is C20H14N2O4S4. The highest BCUT2D eigenvalue weighted by molar-refractivity contribution is 7.22. The van der Waals surface area contributed by atoms with Gasteiger partial charge in [0.1, 0.15) is 0 Å². The lowest BCUT2D eigenvalue weighted by molar-refractivity contribution is 0.544. The SMILES string of the molecule is O=c1oc(-c2cc3c(s2)CCCC3)ns1.O=c1oc(-c2cc3ccccc3s2)ns1. The first-order valence-corrected chi connectivity index (χ1v) is 12.4. The molecule has 4 aromatic heterocycles. The van der Waals surface area contributed by atoms with Crippen molar-refractivity contribution in [1.29, 1.82) is 0 Å². The second-order valence-electron chi connectivity index (χ2n) is 6.59. The summed E-state index contributed by atoms with van der Waals surface area (Å²) in [7, 11) is 0. The Bertz CT molecular complexity index is 1360. The van der Waals surface area contributed by atoms with Gasteiger partial charge in [0.2, 0.25) is 0 Å². The molecule has 4 heterocycles. The maximum absolute atomic E-state index is 10.9. The van der Waals surface area contributed by atoms with Crippen molar-refractivity contribution in [3.8, 4) is 21.5 Å². The van der Waals surface area contributed by atoms with Crippen LogP contribution in [0.3, 0.4) is 0 Å². The molecule has 0 bridgehead atoms. The Balaban J connectivity index is 0.000000128. The molecule has 152 valence electrons. The Morgan fingerprint density at radius 3 is 2.10 bits per heavy atom. The fraction of sp³-hybridized carbons (Fsp3) is 0.200. The van der Waals surface area contributed by atoms with Crippen LogP contribution >= 0.6 is 45.7 Å². The minimum absolute atomic E-state index is 0.323. The lowest BCUT2D eigenvalue weighted by Crippen LogP contribution is -1.96. The van der Waals surface area contributed by atoms with Crippen molar-refractivity contribution < 1.29 is 8.83 Å². The molecule has 0 amide bonds. The second kappa shape index (κ2) is 8.38. The molecule has 0 N–H and O–H groups in total.